The average Bonchev–Trinajstić information content (AvgIpc) is 2.39. The zero-order valence-electron chi connectivity index (χ0n) is 11.6. The number of halogens is 1. The van der Waals surface area contributed by atoms with Gasteiger partial charge < -0.3 is 5.73 Å². The standard InChI is InChI=1S/C14H14ClN3O2S/c1-8-6-17-12(9(2)14(8)18(19)20)7-21-13-4-3-10(16)5-11(13)15/h3-6H,7,16H2,1-2H3. The number of pyridine rings is 1. The summed E-state index contributed by atoms with van der Waals surface area (Å²) in [7, 11) is 0. The monoisotopic (exact) mass is 323 g/mol. The molecule has 0 amide bonds. The quantitative estimate of drug-likeness (QED) is 0.396. The number of rotatable bonds is 4. The van der Waals surface area contributed by atoms with Crippen molar-refractivity contribution in [2.75, 3.05) is 5.73 Å². The van der Waals surface area contributed by atoms with Gasteiger partial charge in [-0.15, -0.1) is 11.8 Å². The first-order valence-electron chi connectivity index (χ1n) is 6.17. The summed E-state index contributed by atoms with van der Waals surface area (Å²) >= 11 is 7.59. The van der Waals surface area contributed by atoms with Gasteiger partial charge in [-0.25, -0.2) is 0 Å². The first-order chi connectivity index (χ1) is 9.90. The lowest BCUT2D eigenvalue weighted by Gasteiger charge is -2.08. The summed E-state index contributed by atoms with van der Waals surface area (Å²) in [5, 5.41) is 11.7. The van der Waals surface area contributed by atoms with E-state index in [1.165, 1.54) is 18.0 Å². The van der Waals surface area contributed by atoms with Crippen LogP contribution in [0.25, 0.3) is 0 Å². The highest BCUT2D eigenvalue weighted by Crippen LogP contribution is 2.33. The highest BCUT2D eigenvalue weighted by atomic mass is 35.5. The van der Waals surface area contributed by atoms with Crippen LogP contribution in [0.3, 0.4) is 0 Å². The number of nitrogen functional groups attached to an aromatic ring is 1. The molecule has 21 heavy (non-hydrogen) atoms. The molecule has 1 aromatic carbocycles. The zero-order valence-corrected chi connectivity index (χ0v) is 13.2. The van der Waals surface area contributed by atoms with Crippen LogP contribution in [0.4, 0.5) is 11.4 Å². The summed E-state index contributed by atoms with van der Waals surface area (Å²) < 4.78 is 0. The second-order valence-corrected chi connectivity index (χ2v) is 6.02. The van der Waals surface area contributed by atoms with Crippen molar-refractivity contribution in [1.29, 1.82) is 0 Å². The molecule has 0 fully saturated rings. The predicted octanol–water partition coefficient (Wildman–Crippen LogP) is 4.13. The van der Waals surface area contributed by atoms with Gasteiger partial charge >= 0.3 is 0 Å². The molecule has 1 heterocycles. The number of aryl methyl sites for hydroxylation is 1. The van der Waals surface area contributed by atoms with Crippen molar-refractivity contribution in [2.45, 2.75) is 24.5 Å². The third kappa shape index (κ3) is 3.46. The van der Waals surface area contributed by atoms with Crippen LogP contribution < -0.4 is 5.73 Å². The Hall–Kier alpha value is -1.79. The van der Waals surface area contributed by atoms with E-state index in [4.69, 9.17) is 17.3 Å². The molecule has 0 saturated heterocycles. The van der Waals surface area contributed by atoms with E-state index >= 15 is 0 Å². The van der Waals surface area contributed by atoms with Gasteiger partial charge in [0.2, 0.25) is 0 Å². The molecule has 1 aromatic heterocycles. The lowest BCUT2D eigenvalue weighted by molar-refractivity contribution is -0.386. The Morgan fingerprint density at radius 1 is 1.43 bits per heavy atom. The fraction of sp³-hybridized carbons (Fsp3) is 0.214. The van der Waals surface area contributed by atoms with E-state index in [0.717, 1.165) is 4.90 Å². The number of aromatic nitrogens is 1. The van der Waals surface area contributed by atoms with E-state index in [0.29, 0.717) is 33.3 Å². The normalized spacial score (nSPS) is 10.6. The van der Waals surface area contributed by atoms with E-state index in [1.54, 1.807) is 26.0 Å². The maximum atomic E-state index is 11.1. The van der Waals surface area contributed by atoms with Crippen molar-refractivity contribution < 1.29 is 4.92 Å². The van der Waals surface area contributed by atoms with Crippen LogP contribution >= 0.6 is 23.4 Å². The molecule has 0 spiro atoms. The van der Waals surface area contributed by atoms with Crippen molar-refractivity contribution in [2.24, 2.45) is 0 Å². The number of nitrogens with two attached hydrogens (primary N) is 1. The van der Waals surface area contributed by atoms with Crippen molar-refractivity contribution in [3.05, 3.63) is 56.4 Å². The van der Waals surface area contributed by atoms with Crippen LogP contribution in [0.5, 0.6) is 0 Å². The van der Waals surface area contributed by atoms with Gasteiger partial charge in [-0.2, -0.15) is 0 Å². The van der Waals surface area contributed by atoms with Crippen LogP contribution in [0, 0.1) is 24.0 Å². The third-order valence-electron chi connectivity index (χ3n) is 3.08. The third-order valence-corrected chi connectivity index (χ3v) is 4.59. The minimum absolute atomic E-state index is 0.129. The summed E-state index contributed by atoms with van der Waals surface area (Å²) in [6.45, 7) is 3.41. The average molecular weight is 324 g/mol. The maximum Gasteiger partial charge on any atom is 0.278 e. The fourth-order valence-electron chi connectivity index (χ4n) is 1.97. The zero-order chi connectivity index (χ0) is 15.6. The van der Waals surface area contributed by atoms with E-state index in [9.17, 15) is 10.1 Å². The molecular weight excluding hydrogens is 310 g/mol. The SMILES string of the molecule is Cc1cnc(CSc2ccc(N)cc2Cl)c(C)c1[N+](=O)[O-]. The molecule has 7 heteroatoms. The van der Waals surface area contributed by atoms with Gasteiger partial charge in [0.05, 0.1) is 15.6 Å². The second-order valence-electron chi connectivity index (χ2n) is 4.60. The van der Waals surface area contributed by atoms with Gasteiger partial charge in [-0.05, 0) is 32.0 Å². The fourth-order valence-corrected chi connectivity index (χ4v) is 3.27. The molecule has 0 unspecified atom stereocenters. The molecule has 0 saturated carbocycles. The molecule has 0 bridgehead atoms. The molecule has 0 aliphatic rings. The van der Waals surface area contributed by atoms with Crippen LogP contribution in [0.15, 0.2) is 29.3 Å². The Kier molecular flexibility index (Phi) is 4.69. The van der Waals surface area contributed by atoms with Gasteiger partial charge in [0.25, 0.3) is 5.69 Å². The molecule has 5 nitrogen and oxygen atoms in total. The molecular formula is C14H14ClN3O2S. The number of benzene rings is 1. The summed E-state index contributed by atoms with van der Waals surface area (Å²) in [5.74, 6) is 0.511. The molecule has 0 radical (unpaired) electrons. The Bertz CT molecular complexity index is 707. The number of hydrogen-bond acceptors (Lipinski definition) is 5. The number of thioether (sulfide) groups is 1. The van der Waals surface area contributed by atoms with Crippen molar-refractivity contribution in [3.8, 4) is 0 Å². The molecule has 0 atom stereocenters. The molecule has 110 valence electrons. The first-order valence-corrected chi connectivity index (χ1v) is 7.53. The molecule has 2 rings (SSSR count). The van der Waals surface area contributed by atoms with E-state index in [-0.39, 0.29) is 10.6 Å². The number of anilines is 1. The molecule has 0 aliphatic carbocycles. The predicted molar refractivity (Wildman–Crippen MR) is 85.8 cm³/mol. The topological polar surface area (TPSA) is 82.0 Å². The Labute approximate surface area is 131 Å². The lowest BCUT2D eigenvalue weighted by atomic mass is 10.1. The number of nitro groups is 1. The van der Waals surface area contributed by atoms with Crippen molar-refractivity contribution in [1.82, 2.24) is 4.98 Å². The van der Waals surface area contributed by atoms with Gasteiger partial charge in [0, 0.05) is 33.7 Å². The van der Waals surface area contributed by atoms with Gasteiger partial charge in [0.15, 0.2) is 0 Å². The Morgan fingerprint density at radius 3 is 2.76 bits per heavy atom. The van der Waals surface area contributed by atoms with Crippen LogP contribution in [0.2, 0.25) is 5.02 Å². The lowest BCUT2D eigenvalue weighted by Crippen LogP contribution is -2.01. The van der Waals surface area contributed by atoms with E-state index < -0.39 is 0 Å². The largest absolute Gasteiger partial charge is 0.399 e. The second kappa shape index (κ2) is 6.32. The molecule has 2 N–H and O–H groups in total. The van der Waals surface area contributed by atoms with E-state index in [1.807, 2.05) is 6.07 Å². The summed E-state index contributed by atoms with van der Waals surface area (Å²) in [4.78, 5) is 15.9. The summed E-state index contributed by atoms with van der Waals surface area (Å²) in [6, 6.07) is 5.29. The Morgan fingerprint density at radius 2 is 2.14 bits per heavy atom. The van der Waals surface area contributed by atoms with Crippen LogP contribution in [-0.4, -0.2) is 9.91 Å². The van der Waals surface area contributed by atoms with Gasteiger partial charge in [-0.1, -0.05) is 11.6 Å². The maximum absolute atomic E-state index is 11.1. The van der Waals surface area contributed by atoms with Crippen LogP contribution in [-0.2, 0) is 5.75 Å². The minimum atomic E-state index is -0.364. The highest BCUT2D eigenvalue weighted by Gasteiger charge is 2.18. The van der Waals surface area contributed by atoms with Gasteiger partial charge in [-0.3, -0.25) is 15.1 Å². The van der Waals surface area contributed by atoms with Crippen molar-refractivity contribution in [3.63, 3.8) is 0 Å². The Balaban J connectivity index is 2.24. The molecule has 0 aliphatic heterocycles. The van der Waals surface area contributed by atoms with Gasteiger partial charge in [0.1, 0.15) is 0 Å². The summed E-state index contributed by atoms with van der Waals surface area (Å²) in [5.41, 5.74) is 8.23. The number of nitrogens with zero attached hydrogens (tertiary/aromatic N) is 2. The molecule has 2 aromatic rings. The summed E-state index contributed by atoms with van der Waals surface area (Å²) in [6.07, 6.45) is 1.53. The van der Waals surface area contributed by atoms with Crippen molar-refractivity contribution >= 4 is 34.7 Å². The van der Waals surface area contributed by atoms with Crippen LogP contribution in [0.1, 0.15) is 16.8 Å². The number of hydrogen-bond donors (Lipinski definition) is 1. The first kappa shape index (κ1) is 15.6. The smallest absolute Gasteiger partial charge is 0.278 e. The highest BCUT2D eigenvalue weighted by molar-refractivity contribution is 7.98. The minimum Gasteiger partial charge on any atom is -0.399 e. The van der Waals surface area contributed by atoms with E-state index in [2.05, 4.69) is 4.98 Å².